The van der Waals surface area contributed by atoms with Crippen LogP contribution in [0.2, 0.25) is 0 Å². The number of carbonyl (C=O) groups excluding carboxylic acids is 3. The topological polar surface area (TPSA) is 224 Å². The van der Waals surface area contributed by atoms with Crippen LogP contribution in [0.25, 0.3) is 76.7 Å². The van der Waals surface area contributed by atoms with Gasteiger partial charge in [0.15, 0.2) is 11.5 Å². The molecule has 0 radical (unpaired) electrons. The number of nitrogens with one attached hydrogen (secondary N) is 1. The molecule has 13 rings (SSSR count). The lowest BCUT2D eigenvalue weighted by atomic mass is 10.0. The van der Waals surface area contributed by atoms with E-state index < -0.39 is 0 Å². The molecule has 8 aromatic heterocycles. The number of ketones is 3. The number of hydrogen-bond donors (Lipinski definition) is 1. The number of pyridine rings is 3. The normalized spacial score (nSPS) is 17.8. The standard InChI is InChI=1S/C23H24N4O3.C23H27N3O5.C19H21N3O2S/c1-13(14-4-5-15(28)8-14)30-23-19-12-27(2)26-22(19)10-21(25-23)18-11-24-20-7-6-16(29-3)9-17(18)20;1-13(14-6-7-16(27)8-14)31-23-17-12-26(2)25-19(17)11-18(24-23)15-9-20(28-3)22(30-5)21(10-15)29-4;1-11-4-7-18(25-11)17-9-16-15(10-22(3)21-16)19(20-17)24-12(2)13-5-6-14(23)8-13/h6-7,9-14,24H,4-5,8H2,1-3H3;9-14H,6-8H2,1-5H3;4,7,9-10,12-13H,5-6,8H2,1-3H3/t2*13-,14+;12-,13+/m111/s1. The maximum atomic E-state index is 11.7. The molecule has 20 nitrogen and oxygen atoms in total. The maximum absolute atomic E-state index is 11.7. The van der Waals surface area contributed by atoms with Gasteiger partial charge in [0.25, 0.3) is 0 Å². The van der Waals surface area contributed by atoms with E-state index >= 15 is 0 Å². The van der Waals surface area contributed by atoms with Crippen molar-refractivity contribution in [3.05, 3.63) is 90.3 Å². The van der Waals surface area contributed by atoms with Crippen LogP contribution in [0, 0.1) is 24.7 Å². The Morgan fingerprint density at radius 3 is 1.41 bits per heavy atom. The van der Waals surface area contributed by atoms with Gasteiger partial charge in [-0.2, -0.15) is 15.3 Å². The average Bonchev–Trinajstić information content (AvgIpc) is 2.11. The summed E-state index contributed by atoms with van der Waals surface area (Å²) < 4.78 is 45.9. The minimum atomic E-state index is -0.127. The van der Waals surface area contributed by atoms with E-state index in [1.54, 1.807) is 53.8 Å². The number of carbonyl (C=O) groups is 3. The summed E-state index contributed by atoms with van der Waals surface area (Å²) in [4.78, 5) is 55.1. The number of Topliss-reactive ketones (excluding diaryl/α,β-unsaturated/α-hetero) is 3. The summed E-state index contributed by atoms with van der Waals surface area (Å²) in [6.45, 7) is 8.15. The van der Waals surface area contributed by atoms with Crippen molar-refractivity contribution in [2.24, 2.45) is 38.9 Å². The van der Waals surface area contributed by atoms with Crippen LogP contribution in [0.15, 0.2) is 85.5 Å². The predicted octanol–water partition coefficient (Wildman–Crippen LogP) is 12.2. The molecule has 1 N–H and O–H groups in total. The smallest absolute Gasteiger partial charge is 0.225 e. The number of H-pyrrole nitrogens is 1. The highest BCUT2D eigenvalue weighted by Crippen LogP contribution is 2.43. The molecule has 3 aliphatic rings. The minimum Gasteiger partial charge on any atom is -0.497 e. The van der Waals surface area contributed by atoms with Gasteiger partial charge in [0.1, 0.15) is 41.4 Å². The fraction of sp³-hybridized carbons (Fsp3) is 0.400. The number of thiophene rings is 1. The van der Waals surface area contributed by atoms with E-state index in [0.29, 0.717) is 96.5 Å². The van der Waals surface area contributed by atoms with Gasteiger partial charge < -0.3 is 38.1 Å². The quantitative estimate of drug-likeness (QED) is 0.0949. The summed E-state index contributed by atoms with van der Waals surface area (Å²) in [6.07, 6.45) is 13.8. The van der Waals surface area contributed by atoms with E-state index in [1.807, 2.05) is 115 Å². The molecule has 10 aromatic rings. The molecular formula is C65H72N10O10S. The van der Waals surface area contributed by atoms with Crippen molar-refractivity contribution in [3.63, 3.8) is 0 Å². The first-order valence-electron chi connectivity index (χ1n) is 29.0. The molecule has 3 fully saturated rings. The zero-order valence-electron chi connectivity index (χ0n) is 50.4. The summed E-state index contributed by atoms with van der Waals surface area (Å²) in [5.41, 5.74) is 7.57. The van der Waals surface area contributed by atoms with E-state index in [9.17, 15) is 14.4 Å². The highest BCUT2D eigenvalue weighted by atomic mass is 32.1. The molecule has 3 saturated carbocycles. The van der Waals surface area contributed by atoms with Crippen molar-refractivity contribution in [1.29, 1.82) is 0 Å². The lowest BCUT2D eigenvalue weighted by molar-refractivity contribution is -0.118. The van der Waals surface area contributed by atoms with Crippen LogP contribution in [0.5, 0.6) is 40.6 Å². The van der Waals surface area contributed by atoms with Gasteiger partial charge in [-0.3, -0.25) is 28.4 Å². The first-order chi connectivity index (χ1) is 41.4. The third-order valence-electron chi connectivity index (χ3n) is 16.6. The number of aromatic amines is 1. The van der Waals surface area contributed by atoms with Crippen molar-refractivity contribution in [2.45, 2.75) is 104 Å². The Hall–Kier alpha value is -8.85. The first kappa shape index (κ1) is 58.9. The van der Waals surface area contributed by atoms with Gasteiger partial charge in [-0.25, -0.2) is 15.0 Å². The number of methoxy groups -OCH3 is 4. The van der Waals surface area contributed by atoms with Gasteiger partial charge in [-0.15, -0.1) is 11.3 Å². The van der Waals surface area contributed by atoms with E-state index in [-0.39, 0.29) is 36.1 Å². The molecule has 0 amide bonds. The van der Waals surface area contributed by atoms with Gasteiger partial charge in [0.2, 0.25) is 23.4 Å². The van der Waals surface area contributed by atoms with Crippen LogP contribution in [-0.2, 0) is 35.5 Å². The molecule has 0 saturated heterocycles. The number of benzene rings is 2. The summed E-state index contributed by atoms with van der Waals surface area (Å²) in [7, 11) is 12.0. The molecule has 2 aromatic carbocycles. The van der Waals surface area contributed by atoms with Crippen molar-refractivity contribution in [1.82, 2.24) is 49.3 Å². The summed E-state index contributed by atoms with van der Waals surface area (Å²) in [6, 6.07) is 19.7. The number of fused-ring (bicyclic) bond motifs is 4. The third-order valence-corrected chi connectivity index (χ3v) is 17.6. The summed E-state index contributed by atoms with van der Waals surface area (Å²) in [5, 5.41) is 17.3. The highest BCUT2D eigenvalue weighted by molar-refractivity contribution is 7.15. The zero-order chi connectivity index (χ0) is 60.5. The van der Waals surface area contributed by atoms with Gasteiger partial charge in [0, 0.05) is 129 Å². The Labute approximate surface area is 502 Å². The molecular weight excluding hydrogens is 1110 g/mol. The highest BCUT2D eigenvalue weighted by Gasteiger charge is 2.32. The van der Waals surface area contributed by atoms with Crippen molar-refractivity contribution < 1.29 is 47.5 Å². The van der Waals surface area contributed by atoms with Crippen molar-refractivity contribution in [2.75, 3.05) is 28.4 Å². The number of nitrogens with zero attached hydrogens (tertiary/aromatic N) is 9. The number of hydrogen-bond acceptors (Lipinski definition) is 17. The largest absolute Gasteiger partial charge is 0.497 e. The fourth-order valence-electron chi connectivity index (χ4n) is 11.8. The van der Waals surface area contributed by atoms with Crippen LogP contribution in [0.1, 0.15) is 83.4 Å². The molecule has 0 bridgehead atoms. The molecule has 6 atom stereocenters. The Kier molecular flexibility index (Phi) is 17.1. The number of aromatic nitrogens is 10. The van der Waals surface area contributed by atoms with Gasteiger partial charge in [0.05, 0.1) is 83.1 Å². The zero-order valence-corrected chi connectivity index (χ0v) is 51.2. The van der Waals surface area contributed by atoms with Crippen molar-refractivity contribution >= 4 is 72.3 Å². The van der Waals surface area contributed by atoms with E-state index in [0.717, 1.165) is 96.0 Å². The first-order valence-corrected chi connectivity index (χ1v) is 29.9. The van der Waals surface area contributed by atoms with Crippen LogP contribution < -0.4 is 33.2 Å². The van der Waals surface area contributed by atoms with Crippen molar-refractivity contribution in [3.8, 4) is 73.7 Å². The van der Waals surface area contributed by atoms with Gasteiger partial charge in [-0.05, 0) is 108 Å². The second-order valence-electron chi connectivity index (χ2n) is 22.7. The minimum absolute atomic E-state index is 0.0392. The van der Waals surface area contributed by atoms with E-state index in [2.05, 4.69) is 39.3 Å². The van der Waals surface area contributed by atoms with E-state index in [1.165, 1.54) is 4.88 Å². The predicted molar refractivity (Wildman–Crippen MR) is 330 cm³/mol. The van der Waals surface area contributed by atoms with Gasteiger partial charge >= 0.3 is 0 Å². The molecule has 448 valence electrons. The van der Waals surface area contributed by atoms with Crippen LogP contribution in [0.4, 0.5) is 0 Å². The lowest BCUT2D eigenvalue weighted by Crippen LogP contribution is -2.22. The number of rotatable bonds is 16. The van der Waals surface area contributed by atoms with Crippen LogP contribution in [-0.4, -0.2) is 113 Å². The fourth-order valence-corrected chi connectivity index (χ4v) is 12.6. The lowest BCUT2D eigenvalue weighted by Gasteiger charge is -2.20. The number of ether oxygens (including phenoxy) is 7. The second kappa shape index (κ2) is 25.0. The molecule has 8 heterocycles. The second-order valence-corrected chi connectivity index (χ2v) is 24.0. The summed E-state index contributed by atoms with van der Waals surface area (Å²) >= 11 is 1.71. The Balaban J connectivity index is 0.000000135. The monoisotopic (exact) mass is 1180 g/mol. The molecule has 0 unspecified atom stereocenters. The number of aryl methyl sites for hydroxylation is 4. The molecule has 86 heavy (non-hydrogen) atoms. The SMILES string of the molecule is COc1cc(-c2cc3nn(C)cc3c(O[C@H](C)[C@H]3CCC(=O)C3)n2)cc(OC)c1OC.COc1ccc2[nH]cc(-c3cc4nn(C)cc4c(O[C@H](C)[C@H]4CCC(=O)C4)n3)c2c1.Cc1ccc(-c2cc3nn(C)cc3c(O[C@H](C)[C@H]3CCC(=O)C3)n2)s1. The Bertz CT molecular complexity index is 4130. The Morgan fingerprint density at radius 2 is 0.988 bits per heavy atom. The van der Waals surface area contributed by atoms with Gasteiger partial charge in [-0.1, -0.05) is 0 Å². The molecule has 0 spiro atoms. The molecule has 0 aliphatic heterocycles. The van der Waals surface area contributed by atoms with E-state index in [4.69, 9.17) is 48.1 Å². The van der Waals surface area contributed by atoms with Crippen LogP contribution >= 0.6 is 11.3 Å². The average molecular weight is 1190 g/mol. The summed E-state index contributed by atoms with van der Waals surface area (Å²) in [5.74, 6) is 5.71. The van der Waals surface area contributed by atoms with Crippen LogP contribution in [0.3, 0.4) is 0 Å². The molecule has 3 aliphatic carbocycles. The molecule has 21 heteroatoms. The Morgan fingerprint density at radius 1 is 0.535 bits per heavy atom. The third kappa shape index (κ3) is 12.6. The maximum Gasteiger partial charge on any atom is 0.225 e.